The van der Waals surface area contributed by atoms with E-state index in [1.165, 1.54) is 11.8 Å². The van der Waals surface area contributed by atoms with Gasteiger partial charge in [0.1, 0.15) is 36.7 Å². The number of tetrazole rings is 1. The molecule has 1 amide bonds. The van der Waals surface area contributed by atoms with Gasteiger partial charge in [0.05, 0.1) is 25.2 Å². The summed E-state index contributed by atoms with van der Waals surface area (Å²) in [6.07, 6.45) is 0.811. The molecule has 2 fully saturated rings. The van der Waals surface area contributed by atoms with E-state index in [-0.39, 0.29) is 31.0 Å². The fourth-order valence-corrected chi connectivity index (χ4v) is 3.84. The third-order valence-electron chi connectivity index (χ3n) is 4.12. The lowest BCUT2D eigenvalue weighted by atomic mass is 10.1. The molecule has 134 valence electrons. The van der Waals surface area contributed by atoms with Crippen LogP contribution in [0.4, 0.5) is 0 Å². The second-order valence-electron chi connectivity index (χ2n) is 5.75. The van der Waals surface area contributed by atoms with Crippen molar-refractivity contribution in [3.63, 3.8) is 0 Å². The molecule has 0 spiro atoms. The molecule has 11 heteroatoms. The smallest absolute Gasteiger partial charge is 0.243 e. The maximum atomic E-state index is 10.9. The summed E-state index contributed by atoms with van der Waals surface area (Å²) in [7, 11) is 0. The van der Waals surface area contributed by atoms with Crippen molar-refractivity contribution in [1.82, 2.24) is 20.2 Å². The van der Waals surface area contributed by atoms with Crippen molar-refractivity contribution >= 4 is 17.7 Å². The molecule has 2 aromatic heterocycles. The normalized spacial score (nSPS) is 28.3. The van der Waals surface area contributed by atoms with Crippen molar-refractivity contribution < 1.29 is 23.4 Å². The number of nitrogens with zero attached hydrogens (tertiary/aromatic N) is 4. The summed E-state index contributed by atoms with van der Waals surface area (Å²) in [5.74, 6) is 0.951. The quantitative estimate of drug-likeness (QED) is 0.660. The van der Waals surface area contributed by atoms with Crippen LogP contribution in [-0.4, -0.2) is 64.2 Å². The SMILES string of the molecule is NC(=O)COC1COC2C1OCC2n1nnnc1SCc1ccco1. The van der Waals surface area contributed by atoms with Gasteiger partial charge in [-0.25, -0.2) is 4.68 Å². The molecule has 2 aromatic rings. The van der Waals surface area contributed by atoms with Crippen LogP contribution >= 0.6 is 11.8 Å². The molecule has 4 rings (SSSR count). The molecule has 0 radical (unpaired) electrons. The second-order valence-corrected chi connectivity index (χ2v) is 6.70. The Morgan fingerprint density at radius 3 is 3.08 bits per heavy atom. The number of rotatable bonds is 7. The summed E-state index contributed by atoms with van der Waals surface area (Å²) in [6, 6.07) is 3.59. The number of hydrogen-bond donors (Lipinski definition) is 1. The van der Waals surface area contributed by atoms with E-state index < -0.39 is 5.91 Å². The van der Waals surface area contributed by atoms with Crippen LogP contribution < -0.4 is 5.73 Å². The van der Waals surface area contributed by atoms with Gasteiger partial charge in [-0.3, -0.25) is 4.79 Å². The number of amides is 1. The number of carbonyl (C=O) groups excluding carboxylic acids is 1. The van der Waals surface area contributed by atoms with E-state index in [2.05, 4.69) is 15.5 Å². The number of fused-ring (bicyclic) bond motifs is 1. The Labute approximate surface area is 147 Å². The third kappa shape index (κ3) is 3.40. The highest BCUT2D eigenvalue weighted by Gasteiger charge is 2.50. The topological polar surface area (TPSA) is 128 Å². The van der Waals surface area contributed by atoms with E-state index in [9.17, 15) is 4.79 Å². The molecule has 2 aliphatic heterocycles. The highest BCUT2D eigenvalue weighted by molar-refractivity contribution is 7.98. The van der Waals surface area contributed by atoms with E-state index >= 15 is 0 Å². The van der Waals surface area contributed by atoms with Crippen molar-refractivity contribution in [2.24, 2.45) is 5.73 Å². The van der Waals surface area contributed by atoms with Crippen molar-refractivity contribution in [3.05, 3.63) is 24.2 Å². The standard InChI is InChI=1S/C14H17N5O5S/c15-11(20)6-22-10-5-24-12-9(4-23-13(10)12)19-14(16-17-18-19)25-7-8-2-1-3-21-8/h1-3,9-10,12-13H,4-7H2,(H2,15,20). The molecule has 0 aromatic carbocycles. The zero-order chi connectivity index (χ0) is 17.2. The highest BCUT2D eigenvalue weighted by atomic mass is 32.2. The molecule has 0 saturated carbocycles. The highest BCUT2D eigenvalue weighted by Crippen LogP contribution is 2.36. The van der Waals surface area contributed by atoms with Gasteiger partial charge in [0.15, 0.2) is 0 Å². The molecule has 2 saturated heterocycles. The predicted octanol–water partition coefficient (Wildman–Crippen LogP) is -0.232. The van der Waals surface area contributed by atoms with E-state index in [1.807, 2.05) is 12.1 Å². The van der Waals surface area contributed by atoms with Crippen LogP contribution in [0.3, 0.4) is 0 Å². The average molecular weight is 367 g/mol. The molecule has 0 bridgehead atoms. The van der Waals surface area contributed by atoms with Gasteiger partial charge < -0.3 is 24.4 Å². The predicted molar refractivity (Wildman–Crippen MR) is 83.5 cm³/mol. The maximum Gasteiger partial charge on any atom is 0.243 e. The van der Waals surface area contributed by atoms with Crippen LogP contribution in [0.2, 0.25) is 0 Å². The Bertz CT molecular complexity index is 723. The summed E-state index contributed by atoms with van der Waals surface area (Å²) >= 11 is 1.48. The van der Waals surface area contributed by atoms with E-state index in [1.54, 1.807) is 10.9 Å². The Balaban J connectivity index is 1.42. The summed E-state index contributed by atoms with van der Waals surface area (Å²) < 4.78 is 24.1. The van der Waals surface area contributed by atoms with Crippen molar-refractivity contribution in [2.45, 2.75) is 35.3 Å². The van der Waals surface area contributed by atoms with Crippen LogP contribution in [0.15, 0.2) is 28.0 Å². The number of hydrogen-bond acceptors (Lipinski definition) is 9. The lowest BCUT2D eigenvalue weighted by Crippen LogP contribution is -2.34. The van der Waals surface area contributed by atoms with Crippen LogP contribution in [0.1, 0.15) is 11.8 Å². The number of primary amides is 1. The zero-order valence-corrected chi connectivity index (χ0v) is 14.0. The summed E-state index contributed by atoms with van der Waals surface area (Å²) in [5.41, 5.74) is 5.12. The number of ether oxygens (including phenoxy) is 3. The summed E-state index contributed by atoms with van der Waals surface area (Å²) in [5, 5.41) is 12.6. The van der Waals surface area contributed by atoms with E-state index in [0.29, 0.717) is 24.1 Å². The van der Waals surface area contributed by atoms with E-state index in [4.69, 9.17) is 24.4 Å². The number of thioether (sulfide) groups is 1. The van der Waals surface area contributed by atoms with Crippen LogP contribution in [0.25, 0.3) is 0 Å². The summed E-state index contributed by atoms with van der Waals surface area (Å²) in [4.78, 5) is 10.9. The van der Waals surface area contributed by atoms with Crippen LogP contribution in [0.5, 0.6) is 0 Å². The van der Waals surface area contributed by atoms with Gasteiger partial charge in [-0.1, -0.05) is 11.8 Å². The van der Waals surface area contributed by atoms with Gasteiger partial charge in [0.25, 0.3) is 0 Å². The van der Waals surface area contributed by atoms with Gasteiger partial charge in [0, 0.05) is 0 Å². The fraction of sp³-hybridized carbons (Fsp3) is 0.571. The monoisotopic (exact) mass is 367 g/mol. The lowest BCUT2D eigenvalue weighted by molar-refractivity contribution is -0.126. The molecule has 4 unspecified atom stereocenters. The molecule has 10 nitrogen and oxygen atoms in total. The first-order valence-corrected chi connectivity index (χ1v) is 8.77. The van der Waals surface area contributed by atoms with Gasteiger partial charge in [-0.05, 0) is 22.6 Å². The van der Waals surface area contributed by atoms with Gasteiger partial charge in [0.2, 0.25) is 11.1 Å². The number of aromatic nitrogens is 4. The molecule has 2 aliphatic rings. The van der Waals surface area contributed by atoms with Crippen LogP contribution in [0, 0.1) is 0 Å². The van der Waals surface area contributed by atoms with E-state index in [0.717, 1.165) is 5.76 Å². The van der Waals surface area contributed by atoms with Gasteiger partial charge in [-0.15, -0.1) is 5.10 Å². The number of furan rings is 1. The Morgan fingerprint density at radius 2 is 2.28 bits per heavy atom. The van der Waals surface area contributed by atoms with Crippen molar-refractivity contribution in [2.75, 3.05) is 19.8 Å². The molecule has 2 N–H and O–H groups in total. The molecule has 0 aliphatic carbocycles. The minimum Gasteiger partial charge on any atom is -0.468 e. The molecule has 25 heavy (non-hydrogen) atoms. The molecular weight excluding hydrogens is 350 g/mol. The average Bonchev–Trinajstić information content (AvgIpc) is 3.34. The van der Waals surface area contributed by atoms with Crippen molar-refractivity contribution in [1.29, 1.82) is 0 Å². The van der Waals surface area contributed by atoms with Crippen molar-refractivity contribution in [3.8, 4) is 0 Å². The number of carbonyl (C=O) groups is 1. The number of nitrogens with two attached hydrogens (primary N) is 1. The summed E-state index contributed by atoms with van der Waals surface area (Å²) in [6.45, 7) is 0.599. The first kappa shape index (κ1) is 16.5. The fourth-order valence-electron chi connectivity index (χ4n) is 3.00. The molecule has 4 atom stereocenters. The Kier molecular flexibility index (Phi) is 4.70. The van der Waals surface area contributed by atoms with Gasteiger partial charge >= 0.3 is 0 Å². The first-order chi connectivity index (χ1) is 12.2. The molecule has 4 heterocycles. The minimum absolute atomic E-state index is 0.152. The lowest BCUT2D eigenvalue weighted by Gasteiger charge is -2.17. The molecular formula is C14H17N5O5S. The minimum atomic E-state index is -0.518. The largest absolute Gasteiger partial charge is 0.468 e. The zero-order valence-electron chi connectivity index (χ0n) is 13.2. The Hall–Kier alpha value is -1.95. The Morgan fingerprint density at radius 1 is 1.40 bits per heavy atom. The maximum absolute atomic E-state index is 10.9. The van der Waals surface area contributed by atoms with Gasteiger partial charge in [-0.2, -0.15) is 0 Å². The van der Waals surface area contributed by atoms with Crippen LogP contribution in [-0.2, 0) is 24.8 Å². The second kappa shape index (κ2) is 7.12. The third-order valence-corrected chi connectivity index (χ3v) is 5.08. The first-order valence-electron chi connectivity index (χ1n) is 7.78.